The predicted octanol–water partition coefficient (Wildman–Crippen LogP) is 2.30. The standard InChI is InChI=1S/C17H25NO3/c1-2-21-16-9-5-13(6-10-16)11-17(20)18-12-14-3-7-15(19)8-4-14/h5-6,9-10,14-15,19H,2-4,7-8,11-12H2,1H3,(H,18,20). The van der Waals surface area contributed by atoms with E-state index in [9.17, 15) is 9.90 Å². The summed E-state index contributed by atoms with van der Waals surface area (Å²) in [5.74, 6) is 1.41. The molecule has 2 N–H and O–H groups in total. The summed E-state index contributed by atoms with van der Waals surface area (Å²) in [4.78, 5) is 11.9. The molecule has 1 aromatic rings. The Hall–Kier alpha value is -1.55. The largest absolute Gasteiger partial charge is 0.494 e. The Kier molecular flexibility index (Phi) is 6.05. The Labute approximate surface area is 126 Å². The molecule has 0 saturated heterocycles. The highest BCUT2D eigenvalue weighted by Crippen LogP contribution is 2.23. The van der Waals surface area contributed by atoms with Gasteiger partial charge in [0.15, 0.2) is 0 Å². The summed E-state index contributed by atoms with van der Waals surface area (Å²) in [5.41, 5.74) is 0.995. The van der Waals surface area contributed by atoms with Crippen molar-refractivity contribution in [3.05, 3.63) is 29.8 Å². The van der Waals surface area contributed by atoms with Crippen LogP contribution in [0.3, 0.4) is 0 Å². The van der Waals surface area contributed by atoms with Gasteiger partial charge >= 0.3 is 0 Å². The van der Waals surface area contributed by atoms with E-state index in [2.05, 4.69) is 5.32 Å². The maximum Gasteiger partial charge on any atom is 0.224 e. The number of aliphatic hydroxyl groups excluding tert-OH is 1. The van der Waals surface area contributed by atoms with Crippen molar-refractivity contribution >= 4 is 5.91 Å². The monoisotopic (exact) mass is 291 g/mol. The van der Waals surface area contributed by atoms with Crippen molar-refractivity contribution in [1.82, 2.24) is 5.32 Å². The van der Waals surface area contributed by atoms with Gasteiger partial charge in [-0.25, -0.2) is 0 Å². The Morgan fingerprint density at radius 1 is 1.24 bits per heavy atom. The van der Waals surface area contributed by atoms with E-state index in [-0.39, 0.29) is 12.0 Å². The lowest BCUT2D eigenvalue weighted by molar-refractivity contribution is -0.120. The first-order valence-electron chi connectivity index (χ1n) is 7.84. The zero-order valence-electron chi connectivity index (χ0n) is 12.7. The van der Waals surface area contributed by atoms with Crippen LogP contribution in [0.4, 0.5) is 0 Å². The lowest BCUT2D eigenvalue weighted by Gasteiger charge is -2.25. The molecule has 0 bridgehead atoms. The molecule has 21 heavy (non-hydrogen) atoms. The summed E-state index contributed by atoms with van der Waals surface area (Å²) in [7, 11) is 0. The van der Waals surface area contributed by atoms with Crippen LogP contribution in [-0.2, 0) is 11.2 Å². The highest BCUT2D eigenvalue weighted by Gasteiger charge is 2.19. The van der Waals surface area contributed by atoms with Crippen LogP contribution in [0, 0.1) is 5.92 Å². The lowest BCUT2D eigenvalue weighted by atomic mass is 9.87. The third kappa shape index (κ3) is 5.38. The van der Waals surface area contributed by atoms with E-state index < -0.39 is 0 Å². The molecule has 4 heteroatoms. The van der Waals surface area contributed by atoms with E-state index in [0.29, 0.717) is 18.9 Å². The van der Waals surface area contributed by atoms with Crippen molar-refractivity contribution in [2.75, 3.05) is 13.2 Å². The summed E-state index contributed by atoms with van der Waals surface area (Å²) in [5, 5.41) is 12.5. The van der Waals surface area contributed by atoms with Crippen molar-refractivity contribution in [3.63, 3.8) is 0 Å². The molecule has 0 aromatic heterocycles. The third-order valence-corrected chi connectivity index (χ3v) is 4.00. The van der Waals surface area contributed by atoms with Crippen molar-refractivity contribution in [2.24, 2.45) is 5.92 Å². The average molecular weight is 291 g/mol. The topological polar surface area (TPSA) is 58.6 Å². The van der Waals surface area contributed by atoms with Gasteiger partial charge in [-0.1, -0.05) is 12.1 Å². The molecule has 4 nitrogen and oxygen atoms in total. The molecular weight excluding hydrogens is 266 g/mol. The molecule has 116 valence electrons. The van der Waals surface area contributed by atoms with E-state index in [1.54, 1.807) is 0 Å². The number of hydrogen-bond donors (Lipinski definition) is 2. The highest BCUT2D eigenvalue weighted by molar-refractivity contribution is 5.78. The SMILES string of the molecule is CCOc1ccc(CC(=O)NCC2CCC(O)CC2)cc1. The number of nitrogens with one attached hydrogen (secondary N) is 1. The van der Waals surface area contributed by atoms with Gasteiger partial charge in [-0.2, -0.15) is 0 Å². The molecule has 1 aromatic carbocycles. The molecule has 1 aliphatic carbocycles. The first-order chi connectivity index (χ1) is 10.2. The number of benzene rings is 1. The summed E-state index contributed by atoms with van der Waals surface area (Å²) in [6.07, 6.45) is 4.00. The Bertz CT molecular complexity index is 436. The lowest BCUT2D eigenvalue weighted by Crippen LogP contribution is -2.33. The van der Waals surface area contributed by atoms with E-state index in [1.807, 2.05) is 31.2 Å². The Morgan fingerprint density at radius 2 is 1.90 bits per heavy atom. The van der Waals surface area contributed by atoms with Crippen LogP contribution in [0.1, 0.15) is 38.2 Å². The van der Waals surface area contributed by atoms with Crippen LogP contribution in [-0.4, -0.2) is 30.3 Å². The van der Waals surface area contributed by atoms with Crippen LogP contribution in [0.2, 0.25) is 0 Å². The van der Waals surface area contributed by atoms with E-state index in [1.165, 1.54) is 0 Å². The molecule has 1 saturated carbocycles. The van der Waals surface area contributed by atoms with Gasteiger partial charge in [0.1, 0.15) is 5.75 Å². The molecule has 2 rings (SSSR count). The minimum Gasteiger partial charge on any atom is -0.494 e. The molecule has 0 aliphatic heterocycles. The normalized spacial score (nSPS) is 21.8. The number of carbonyl (C=O) groups excluding carboxylic acids is 1. The van der Waals surface area contributed by atoms with Gasteiger partial charge < -0.3 is 15.2 Å². The van der Waals surface area contributed by atoms with Gasteiger partial charge in [-0.05, 0) is 56.2 Å². The van der Waals surface area contributed by atoms with Gasteiger partial charge in [-0.3, -0.25) is 4.79 Å². The fraction of sp³-hybridized carbons (Fsp3) is 0.588. The van der Waals surface area contributed by atoms with Crippen LogP contribution in [0.5, 0.6) is 5.75 Å². The third-order valence-electron chi connectivity index (χ3n) is 4.00. The average Bonchev–Trinajstić information content (AvgIpc) is 2.49. The second kappa shape index (κ2) is 8.03. The first kappa shape index (κ1) is 15.8. The van der Waals surface area contributed by atoms with Crippen molar-refractivity contribution < 1.29 is 14.6 Å². The Balaban J connectivity index is 1.71. The number of carbonyl (C=O) groups is 1. The number of hydrogen-bond acceptors (Lipinski definition) is 3. The van der Waals surface area contributed by atoms with Crippen molar-refractivity contribution in [3.8, 4) is 5.75 Å². The zero-order chi connectivity index (χ0) is 15.1. The second-order valence-electron chi connectivity index (χ2n) is 5.73. The zero-order valence-corrected chi connectivity index (χ0v) is 12.7. The second-order valence-corrected chi connectivity index (χ2v) is 5.73. The first-order valence-corrected chi connectivity index (χ1v) is 7.84. The number of amides is 1. The maximum absolute atomic E-state index is 11.9. The smallest absolute Gasteiger partial charge is 0.224 e. The molecule has 1 fully saturated rings. The molecule has 0 radical (unpaired) electrons. The van der Waals surface area contributed by atoms with Gasteiger partial charge in [0, 0.05) is 6.54 Å². The van der Waals surface area contributed by atoms with E-state index in [4.69, 9.17) is 4.74 Å². The highest BCUT2D eigenvalue weighted by atomic mass is 16.5. The molecular formula is C17H25NO3. The quantitative estimate of drug-likeness (QED) is 0.845. The summed E-state index contributed by atoms with van der Waals surface area (Å²) >= 11 is 0. The van der Waals surface area contributed by atoms with Gasteiger partial charge in [-0.15, -0.1) is 0 Å². The molecule has 1 amide bonds. The molecule has 0 atom stereocenters. The predicted molar refractivity (Wildman–Crippen MR) is 82.3 cm³/mol. The van der Waals surface area contributed by atoms with Crippen molar-refractivity contribution in [1.29, 1.82) is 0 Å². The van der Waals surface area contributed by atoms with E-state index in [0.717, 1.165) is 43.5 Å². The van der Waals surface area contributed by atoms with Gasteiger partial charge in [0.2, 0.25) is 5.91 Å². The van der Waals surface area contributed by atoms with Crippen LogP contribution in [0.25, 0.3) is 0 Å². The summed E-state index contributed by atoms with van der Waals surface area (Å²) in [6.45, 7) is 3.32. The van der Waals surface area contributed by atoms with Crippen LogP contribution >= 0.6 is 0 Å². The van der Waals surface area contributed by atoms with Crippen LogP contribution < -0.4 is 10.1 Å². The fourth-order valence-corrected chi connectivity index (χ4v) is 2.73. The fourth-order valence-electron chi connectivity index (χ4n) is 2.73. The Morgan fingerprint density at radius 3 is 2.52 bits per heavy atom. The van der Waals surface area contributed by atoms with Crippen LogP contribution in [0.15, 0.2) is 24.3 Å². The van der Waals surface area contributed by atoms with Gasteiger partial charge in [0.05, 0.1) is 19.1 Å². The minimum absolute atomic E-state index is 0.0604. The van der Waals surface area contributed by atoms with Gasteiger partial charge in [0.25, 0.3) is 0 Å². The molecule has 0 heterocycles. The number of rotatable bonds is 6. The minimum atomic E-state index is -0.138. The molecule has 0 spiro atoms. The summed E-state index contributed by atoms with van der Waals surface area (Å²) in [6, 6.07) is 7.66. The summed E-state index contributed by atoms with van der Waals surface area (Å²) < 4.78 is 5.38. The van der Waals surface area contributed by atoms with E-state index >= 15 is 0 Å². The number of ether oxygens (including phenoxy) is 1. The molecule has 0 unspecified atom stereocenters. The molecule has 1 aliphatic rings. The van der Waals surface area contributed by atoms with Crippen molar-refractivity contribution in [2.45, 2.75) is 45.1 Å². The maximum atomic E-state index is 11.9. The number of aliphatic hydroxyl groups is 1.